The van der Waals surface area contributed by atoms with Gasteiger partial charge in [-0.2, -0.15) is 4.31 Å². The molecule has 0 unspecified atom stereocenters. The molecule has 1 N–H and O–H groups in total. The number of aromatic nitrogens is 1. The summed E-state index contributed by atoms with van der Waals surface area (Å²) >= 11 is 1.48. The smallest absolute Gasteiger partial charge is 0.243 e. The maximum Gasteiger partial charge on any atom is 0.243 e. The number of thiazole rings is 1. The first-order valence-electron chi connectivity index (χ1n) is 7.55. The minimum Gasteiger partial charge on any atom is -0.326 e. The van der Waals surface area contributed by atoms with Gasteiger partial charge in [0.2, 0.25) is 15.9 Å². The van der Waals surface area contributed by atoms with Gasteiger partial charge < -0.3 is 5.32 Å². The van der Waals surface area contributed by atoms with Crippen LogP contribution in [0.15, 0.2) is 53.4 Å². The number of nitrogens with zero attached hydrogens (tertiary/aromatic N) is 2. The van der Waals surface area contributed by atoms with Gasteiger partial charge in [-0.05, 0) is 36.4 Å². The molecule has 0 aliphatic heterocycles. The van der Waals surface area contributed by atoms with Crippen LogP contribution in [0.4, 0.5) is 5.69 Å². The summed E-state index contributed by atoms with van der Waals surface area (Å²) in [5.74, 6) is -0.205. The molecule has 0 atom stereocenters. The van der Waals surface area contributed by atoms with Crippen molar-refractivity contribution >= 4 is 43.2 Å². The number of carbonyl (C=O) groups is 1. The van der Waals surface area contributed by atoms with Gasteiger partial charge in [0.05, 0.1) is 21.7 Å². The van der Waals surface area contributed by atoms with E-state index in [2.05, 4.69) is 10.3 Å². The third-order valence-electron chi connectivity index (χ3n) is 3.58. The van der Waals surface area contributed by atoms with E-state index in [1.165, 1.54) is 41.7 Å². The van der Waals surface area contributed by atoms with E-state index in [0.29, 0.717) is 5.69 Å². The number of anilines is 1. The van der Waals surface area contributed by atoms with Crippen LogP contribution in [0.25, 0.3) is 10.2 Å². The molecule has 1 heterocycles. The standard InChI is InChI=1S/C17H17N3O3S2/c1-12(21)18-13-7-9-14(10-8-13)25(22,23)20(2)11-17-19-15-5-3-4-6-16(15)24-17/h3-10H,11H2,1-2H3,(H,18,21). The summed E-state index contributed by atoms with van der Waals surface area (Å²) in [6, 6.07) is 13.8. The van der Waals surface area contributed by atoms with Gasteiger partial charge in [0.1, 0.15) is 5.01 Å². The highest BCUT2D eigenvalue weighted by atomic mass is 32.2. The number of para-hydroxylation sites is 1. The Morgan fingerprint density at radius 1 is 1.16 bits per heavy atom. The molecule has 0 saturated carbocycles. The summed E-state index contributed by atoms with van der Waals surface area (Å²) < 4.78 is 27.7. The second kappa shape index (κ2) is 6.91. The number of benzene rings is 2. The molecule has 2 aromatic carbocycles. The number of fused-ring (bicyclic) bond motifs is 1. The molecule has 0 aliphatic carbocycles. The Morgan fingerprint density at radius 3 is 2.48 bits per heavy atom. The van der Waals surface area contributed by atoms with E-state index in [-0.39, 0.29) is 17.3 Å². The van der Waals surface area contributed by atoms with E-state index < -0.39 is 10.0 Å². The highest BCUT2D eigenvalue weighted by Gasteiger charge is 2.22. The molecule has 8 heteroatoms. The van der Waals surface area contributed by atoms with Crippen molar-refractivity contribution in [1.82, 2.24) is 9.29 Å². The zero-order chi connectivity index (χ0) is 18.0. The van der Waals surface area contributed by atoms with Crippen molar-refractivity contribution in [3.63, 3.8) is 0 Å². The number of nitrogens with one attached hydrogen (secondary N) is 1. The number of hydrogen-bond donors (Lipinski definition) is 1. The molecular formula is C17H17N3O3S2. The molecule has 1 aromatic heterocycles. The fourth-order valence-corrected chi connectivity index (χ4v) is 4.59. The van der Waals surface area contributed by atoms with Crippen LogP contribution in [-0.2, 0) is 21.4 Å². The summed E-state index contributed by atoms with van der Waals surface area (Å²) in [5, 5.41) is 3.35. The Kier molecular flexibility index (Phi) is 4.85. The lowest BCUT2D eigenvalue weighted by atomic mass is 10.3. The molecular weight excluding hydrogens is 358 g/mol. The van der Waals surface area contributed by atoms with Gasteiger partial charge in [0.15, 0.2) is 0 Å². The lowest BCUT2D eigenvalue weighted by Crippen LogP contribution is -2.26. The maximum absolute atomic E-state index is 12.7. The average molecular weight is 375 g/mol. The molecule has 0 radical (unpaired) electrons. The predicted octanol–water partition coefficient (Wildman–Crippen LogP) is 3.08. The number of amides is 1. The van der Waals surface area contributed by atoms with Gasteiger partial charge >= 0.3 is 0 Å². The Balaban J connectivity index is 1.79. The van der Waals surface area contributed by atoms with E-state index in [0.717, 1.165) is 15.2 Å². The van der Waals surface area contributed by atoms with Crippen LogP contribution in [-0.4, -0.2) is 30.7 Å². The van der Waals surface area contributed by atoms with Crippen molar-refractivity contribution < 1.29 is 13.2 Å². The Hall–Kier alpha value is -2.29. The van der Waals surface area contributed by atoms with Crippen molar-refractivity contribution in [1.29, 1.82) is 0 Å². The van der Waals surface area contributed by atoms with Gasteiger partial charge in [-0.1, -0.05) is 12.1 Å². The fraction of sp³-hybridized carbons (Fsp3) is 0.176. The molecule has 0 fully saturated rings. The second-order valence-corrected chi connectivity index (χ2v) is 8.70. The molecule has 130 valence electrons. The lowest BCUT2D eigenvalue weighted by Gasteiger charge is -2.16. The van der Waals surface area contributed by atoms with Crippen LogP contribution in [0.5, 0.6) is 0 Å². The topological polar surface area (TPSA) is 79.4 Å². The van der Waals surface area contributed by atoms with Crippen LogP contribution in [0.3, 0.4) is 0 Å². The summed E-state index contributed by atoms with van der Waals surface area (Å²) in [4.78, 5) is 15.7. The zero-order valence-corrected chi connectivity index (χ0v) is 15.4. The first-order valence-corrected chi connectivity index (χ1v) is 9.80. The zero-order valence-electron chi connectivity index (χ0n) is 13.8. The van der Waals surface area contributed by atoms with E-state index >= 15 is 0 Å². The third-order valence-corrected chi connectivity index (χ3v) is 6.42. The molecule has 0 saturated heterocycles. The summed E-state index contributed by atoms with van der Waals surface area (Å²) in [6.07, 6.45) is 0. The predicted molar refractivity (Wildman–Crippen MR) is 99.0 cm³/mol. The Morgan fingerprint density at radius 2 is 1.84 bits per heavy atom. The minimum atomic E-state index is -3.63. The van der Waals surface area contributed by atoms with Crippen molar-refractivity contribution in [2.24, 2.45) is 0 Å². The molecule has 25 heavy (non-hydrogen) atoms. The number of sulfonamides is 1. The molecule has 0 aliphatic rings. The largest absolute Gasteiger partial charge is 0.326 e. The van der Waals surface area contributed by atoms with Crippen LogP contribution in [0.2, 0.25) is 0 Å². The molecule has 3 aromatic rings. The third kappa shape index (κ3) is 3.87. The molecule has 3 rings (SSSR count). The van der Waals surface area contributed by atoms with Gasteiger partial charge in [0.25, 0.3) is 0 Å². The summed E-state index contributed by atoms with van der Waals surface area (Å²) in [7, 11) is -2.10. The van der Waals surface area contributed by atoms with Crippen LogP contribution >= 0.6 is 11.3 Å². The maximum atomic E-state index is 12.7. The highest BCUT2D eigenvalue weighted by molar-refractivity contribution is 7.89. The number of carbonyl (C=O) groups excluding carboxylic acids is 1. The number of rotatable bonds is 5. The van der Waals surface area contributed by atoms with Crippen LogP contribution in [0, 0.1) is 0 Å². The van der Waals surface area contributed by atoms with Gasteiger partial charge in [-0.3, -0.25) is 4.79 Å². The first kappa shape index (κ1) is 17.5. The Labute approximate surface area is 150 Å². The SMILES string of the molecule is CC(=O)Nc1ccc(S(=O)(=O)N(C)Cc2nc3ccccc3s2)cc1. The van der Waals surface area contributed by atoms with Gasteiger partial charge in [-0.15, -0.1) is 11.3 Å². The van der Waals surface area contributed by atoms with E-state index in [4.69, 9.17) is 0 Å². The fourth-order valence-electron chi connectivity index (χ4n) is 2.36. The normalized spacial score (nSPS) is 11.8. The monoisotopic (exact) mass is 375 g/mol. The summed E-state index contributed by atoms with van der Waals surface area (Å²) in [5.41, 5.74) is 1.42. The quantitative estimate of drug-likeness (QED) is 0.743. The highest BCUT2D eigenvalue weighted by Crippen LogP contribution is 2.24. The Bertz CT molecular complexity index is 978. The van der Waals surface area contributed by atoms with Crippen molar-refractivity contribution in [3.05, 3.63) is 53.5 Å². The minimum absolute atomic E-state index is 0.171. The molecule has 0 bridgehead atoms. The molecule has 0 spiro atoms. The van der Waals surface area contributed by atoms with E-state index in [1.54, 1.807) is 12.1 Å². The second-order valence-electron chi connectivity index (χ2n) is 5.54. The van der Waals surface area contributed by atoms with Crippen molar-refractivity contribution in [3.8, 4) is 0 Å². The van der Waals surface area contributed by atoms with Gasteiger partial charge in [-0.25, -0.2) is 13.4 Å². The van der Waals surface area contributed by atoms with E-state index in [1.807, 2.05) is 24.3 Å². The average Bonchev–Trinajstić information content (AvgIpc) is 2.97. The lowest BCUT2D eigenvalue weighted by molar-refractivity contribution is -0.114. The molecule has 6 nitrogen and oxygen atoms in total. The summed E-state index contributed by atoms with van der Waals surface area (Å²) in [6.45, 7) is 1.60. The van der Waals surface area contributed by atoms with Crippen molar-refractivity contribution in [2.75, 3.05) is 12.4 Å². The van der Waals surface area contributed by atoms with Gasteiger partial charge in [0, 0.05) is 19.7 Å². The number of hydrogen-bond acceptors (Lipinski definition) is 5. The first-order chi connectivity index (χ1) is 11.9. The van der Waals surface area contributed by atoms with Crippen molar-refractivity contribution in [2.45, 2.75) is 18.4 Å². The van der Waals surface area contributed by atoms with Crippen LogP contribution in [0.1, 0.15) is 11.9 Å². The van der Waals surface area contributed by atoms with E-state index in [9.17, 15) is 13.2 Å². The van der Waals surface area contributed by atoms with Crippen LogP contribution < -0.4 is 5.32 Å². The molecule has 1 amide bonds.